The molecule has 15 heavy (non-hydrogen) atoms. The van der Waals surface area contributed by atoms with Gasteiger partial charge in [0.05, 0.1) is 6.54 Å². The van der Waals surface area contributed by atoms with Crippen LogP contribution in [0.25, 0.3) is 0 Å². The van der Waals surface area contributed by atoms with Crippen LogP contribution in [-0.2, 0) is 14.3 Å². The molecule has 0 aromatic heterocycles. The van der Waals surface area contributed by atoms with Gasteiger partial charge in [-0.15, -0.1) is 0 Å². The number of nitrogens with zero attached hydrogens (tertiary/aromatic N) is 2. The largest absolute Gasteiger partial charge is 0.372 e. The van der Waals surface area contributed by atoms with E-state index in [0.717, 1.165) is 0 Å². The molecule has 2 amide bonds. The number of hydrogen-bond acceptors (Lipinski definition) is 3. The Hall–Kier alpha value is -1.10. The normalized spacial score (nSPS) is 12.1. The van der Waals surface area contributed by atoms with Gasteiger partial charge in [-0.25, -0.2) is 0 Å². The number of carbonyl (C=O) groups is 2. The molecule has 0 unspecified atom stereocenters. The molecule has 88 valence electrons. The predicted octanol–water partition coefficient (Wildman–Crippen LogP) is -0.0420. The van der Waals surface area contributed by atoms with Gasteiger partial charge >= 0.3 is 0 Å². The smallest absolute Gasteiger partial charge is 0.251 e. The van der Waals surface area contributed by atoms with E-state index in [1.165, 1.54) is 16.9 Å². The fourth-order valence-corrected chi connectivity index (χ4v) is 1.11. The van der Waals surface area contributed by atoms with Crippen LogP contribution in [0.4, 0.5) is 0 Å². The van der Waals surface area contributed by atoms with Crippen molar-refractivity contribution in [1.29, 1.82) is 0 Å². The number of ether oxygens (including phenoxy) is 1. The highest BCUT2D eigenvalue weighted by molar-refractivity contribution is 5.86. The molecule has 0 saturated heterocycles. The Morgan fingerprint density at radius 1 is 1.27 bits per heavy atom. The Kier molecular flexibility index (Phi) is 5.93. The third-order valence-corrected chi connectivity index (χ3v) is 2.18. The number of hydrogen-bond donors (Lipinski definition) is 0. The van der Waals surface area contributed by atoms with E-state index in [-0.39, 0.29) is 18.4 Å². The van der Waals surface area contributed by atoms with Gasteiger partial charge < -0.3 is 14.5 Å². The Labute approximate surface area is 91.0 Å². The van der Waals surface area contributed by atoms with Gasteiger partial charge in [-0.2, -0.15) is 0 Å². The third-order valence-electron chi connectivity index (χ3n) is 2.18. The lowest BCUT2D eigenvalue weighted by Crippen LogP contribution is -2.42. The van der Waals surface area contributed by atoms with E-state index >= 15 is 0 Å². The molecule has 0 aliphatic heterocycles. The first-order chi connectivity index (χ1) is 6.93. The monoisotopic (exact) mass is 216 g/mol. The van der Waals surface area contributed by atoms with Crippen molar-refractivity contribution in [2.75, 3.05) is 34.8 Å². The van der Waals surface area contributed by atoms with Crippen molar-refractivity contribution in [3.63, 3.8) is 0 Å². The molecule has 0 N–H and O–H groups in total. The summed E-state index contributed by atoms with van der Waals surface area (Å²) in [6.45, 7) is 1.96. The minimum atomic E-state index is -0.454. The van der Waals surface area contributed by atoms with E-state index in [9.17, 15) is 9.59 Å². The van der Waals surface area contributed by atoms with Gasteiger partial charge in [0.2, 0.25) is 5.91 Å². The van der Waals surface area contributed by atoms with Crippen LogP contribution >= 0.6 is 0 Å². The Balaban J connectivity index is 4.26. The number of carbonyl (C=O) groups excluding carboxylic acids is 2. The molecule has 0 heterocycles. The molecule has 5 nitrogen and oxygen atoms in total. The second-order valence-corrected chi connectivity index (χ2v) is 3.62. The Bertz CT molecular complexity index is 225. The minimum absolute atomic E-state index is 0.0890. The van der Waals surface area contributed by atoms with Crippen LogP contribution < -0.4 is 0 Å². The second-order valence-electron chi connectivity index (χ2n) is 3.62. The SMILES string of the molecule is CC[C@@H](OC)C(=O)N(C)CC(=O)N(C)C. The van der Waals surface area contributed by atoms with E-state index in [0.29, 0.717) is 6.42 Å². The molecule has 1 atom stereocenters. The summed E-state index contributed by atoms with van der Waals surface area (Å²) in [6.07, 6.45) is 0.153. The fraction of sp³-hybridized carbons (Fsp3) is 0.800. The van der Waals surface area contributed by atoms with Crippen LogP contribution in [0, 0.1) is 0 Å². The average Bonchev–Trinajstić information content (AvgIpc) is 2.19. The van der Waals surface area contributed by atoms with Crippen LogP contribution in [0.5, 0.6) is 0 Å². The first-order valence-corrected chi connectivity index (χ1v) is 4.91. The van der Waals surface area contributed by atoms with E-state index < -0.39 is 6.10 Å². The minimum Gasteiger partial charge on any atom is -0.372 e. The van der Waals surface area contributed by atoms with Gasteiger partial charge in [-0.3, -0.25) is 9.59 Å². The molecule has 0 aliphatic carbocycles. The number of rotatable bonds is 5. The van der Waals surface area contributed by atoms with Crippen LogP contribution in [0.3, 0.4) is 0 Å². The highest BCUT2D eigenvalue weighted by Crippen LogP contribution is 2.01. The Morgan fingerprint density at radius 2 is 1.80 bits per heavy atom. The van der Waals surface area contributed by atoms with Crippen molar-refractivity contribution in [2.45, 2.75) is 19.4 Å². The van der Waals surface area contributed by atoms with Crippen molar-refractivity contribution < 1.29 is 14.3 Å². The van der Waals surface area contributed by atoms with Gasteiger partial charge in [0.1, 0.15) is 6.10 Å². The molecule has 0 aliphatic rings. The number of likely N-dealkylation sites (N-methyl/N-ethyl adjacent to an activating group) is 2. The summed E-state index contributed by atoms with van der Waals surface area (Å²) >= 11 is 0. The van der Waals surface area contributed by atoms with Crippen LogP contribution in [0.1, 0.15) is 13.3 Å². The average molecular weight is 216 g/mol. The molecule has 5 heteroatoms. The van der Waals surface area contributed by atoms with Gasteiger partial charge in [0.25, 0.3) is 5.91 Å². The first-order valence-electron chi connectivity index (χ1n) is 4.91. The molecule has 0 saturated carbocycles. The topological polar surface area (TPSA) is 49.9 Å². The molecule has 0 radical (unpaired) electrons. The quantitative estimate of drug-likeness (QED) is 0.648. The maximum atomic E-state index is 11.7. The molecule has 0 bridgehead atoms. The van der Waals surface area contributed by atoms with Crippen LogP contribution in [-0.4, -0.2) is 62.5 Å². The van der Waals surface area contributed by atoms with E-state index in [1.807, 2.05) is 6.92 Å². The maximum Gasteiger partial charge on any atom is 0.251 e. The van der Waals surface area contributed by atoms with Crippen molar-refractivity contribution in [2.24, 2.45) is 0 Å². The van der Waals surface area contributed by atoms with E-state index in [1.54, 1.807) is 21.1 Å². The fourth-order valence-electron chi connectivity index (χ4n) is 1.11. The lowest BCUT2D eigenvalue weighted by Gasteiger charge is -2.22. The lowest BCUT2D eigenvalue weighted by molar-refractivity contribution is -0.145. The summed E-state index contributed by atoms with van der Waals surface area (Å²) < 4.78 is 5.01. The summed E-state index contributed by atoms with van der Waals surface area (Å²) in [5, 5.41) is 0. The van der Waals surface area contributed by atoms with Crippen LogP contribution in [0.15, 0.2) is 0 Å². The zero-order valence-electron chi connectivity index (χ0n) is 10.1. The standard InChI is InChI=1S/C10H20N2O3/c1-6-8(15-5)10(14)12(4)7-9(13)11(2)3/h8H,6-7H2,1-5H3/t8-/m1/s1. The van der Waals surface area contributed by atoms with Crippen molar-refractivity contribution in [1.82, 2.24) is 9.80 Å². The van der Waals surface area contributed by atoms with Gasteiger partial charge in [0, 0.05) is 28.3 Å². The lowest BCUT2D eigenvalue weighted by atomic mass is 10.2. The van der Waals surface area contributed by atoms with E-state index in [2.05, 4.69) is 0 Å². The molecule has 0 spiro atoms. The third kappa shape index (κ3) is 4.29. The summed E-state index contributed by atoms with van der Waals surface area (Å²) in [5.41, 5.74) is 0. The Morgan fingerprint density at radius 3 is 2.13 bits per heavy atom. The van der Waals surface area contributed by atoms with Crippen molar-refractivity contribution in [3.05, 3.63) is 0 Å². The van der Waals surface area contributed by atoms with Crippen molar-refractivity contribution >= 4 is 11.8 Å². The first kappa shape index (κ1) is 13.9. The van der Waals surface area contributed by atoms with Crippen LogP contribution in [0.2, 0.25) is 0 Å². The number of methoxy groups -OCH3 is 1. The molecule has 0 fully saturated rings. The summed E-state index contributed by atoms with van der Waals surface area (Å²) in [6, 6.07) is 0. The zero-order valence-corrected chi connectivity index (χ0v) is 10.1. The molecular formula is C10H20N2O3. The summed E-state index contributed by atoms with van der Waals surface area (Å²) in [7, 11) is 6.42. The zero-order chi connectivity index (χ0) is 12.0. The van der Waals surface area contributed by atoms with Gasteiger partial charge in [0.15, 0.2) is 0 Å². The highest BCUT2D eigenvalue weighted by Gasteiger charge is 2.21. The van der Waals surface area contributed by atoms with Crippen molar-refractivity contribution in [3.8, 4) is 0 Å². The molecular weight excluding hydrogens is 196 g/mol. The predicted molar refractivity (Wildman–Crippen MR) is 57.4 cm³/mol. The molecule has 0 aromatic carbocycles. The second kappa shape index (κ2) is 6.40. The summed E-state index contributed by atoms with van der Waals surface area (Å²) in [4.78, 5) is 25.9. The van der Waals surface area contributed by atoms with Gasteiger partial charge in [-0.05, 0) is 6.42 Å². The number of amides is 2. The molecule has 0 rings (SSSR count). The maximum absolute atomic E-state index is 11.7. The van der Waals surface area contributed by atoms with Gasteiger partial charge in [-0.1, -0.05) is 6.92 Å². The highest BCUT2D eigenvalue weighted by atomic mass is 16.5. The van der Waals surface area contributed by atoms with E-state index in [4.69, 9.17) is 4.74 Å². The molecule has 0 aromatic rings. The summed E-state index contributed by atoms with van der Waals surface area (Å²) in [5.74, 6) is -0.257.